The van der Waals surface area contributed by atoms with Crippen LogP contribution in [-0.2, 0) is 11.2 Å². The summed E-state index contributed by atoms with van der Waals surface area (Å²) in [5.74, 6) is -5.90. The van der Waals surface area contributed by atoms with Gasteiger partial charge >= 0.3 is 11.9 Å². The Morgan fingerprint density at radius 2 is 2.00 bits per heavy atom. The lowest BCUT2D eigenvalue weighted by Crippen LogP contribution is -2.30. The predicted molar refractivity (Wildman–Crippen MR) is 59.9 cm³/mol. The van der Waals surface area contributed by atoms with Crippen molar-refractivity contribution in [3.8, 4) is 5.69 Å². The minimum absolute atomic E-state index is 0.172. The number of hydrogen-bond donors (Lipinski definition) is 1. The van der Waals surface area contributed by atoms with Crippen LogP contribution in [0.4, 0.5) is 8.78 Å². The van der Waals surface area contributed by atoms with Gasteiger partial charge in [0.25, 0.3) is 0 Å². The van der Waals surface area contributed by atoms with Crippen molar-refractivity contribution in [1.82, 2.24) is 9.78 Å². The van der Waals surface area contributed by atoms with Gasteiger partial charge in [0.15, 0.2) is 0 Å². The standard InChI is InChI=1S/C12H10F2N2O2/c13-12(14,11(17)18)6-9-7-15-16(8-9)10-4-2-1-3-5-10/h1-5,7-8H,6H2,(H,17,18). The number of nitrogens with zero attached hydrogens (tertiary/aromatic N) is 2. The fraction of sp³-hybridized carbons (Fsp3) is 0.167. The Morgan fingerprint density at radius 3 is 2.61 bits per heavy atom. The van der Waals surface area contributed by atoms with Crippen LogP contribution in [0.1, 0.15) is 5.56 Å². The summed E-state index contributed by atoms with van der Waals surface area (Å²) in [5, 5.41) is 12.3. The van der Waals surface area contributed by atoms with Crippen LogP contribution in [0.15, 0.2) is 42.7 Å². The summed E-state index contributed by atoms with van der Waals surface area (Å²) in [6, 6.07) is 8.95. The number of rotatable bonds is 4. The molecule has 0 atom stereocenters. The first-order valence-corrected chi connectivity index (χ1v) is 5.19. The average Bonchev–Trinajstić information content (AvgIpc) is 2.78. The Balaban J connectivity index is 2.19. The fourth-order valence-electron chi connectivity index (χ4n) is 1.51. The van der Waals surface area contributed by atoms with E-state index in [1.165, 1.54) is 17.1 Å². The van der Waals surface area contributed by atoms with Crippen LogP contribution in [-0.4, -0.2) is 26.8 Å². The largest absolute Gasteiger partial charge is 0.477 e. The number of benzene rings is 1. The number of aliphatic carboxylic acids is 1. The molecule has 2 aromatic rings. The summed E-state index contributed by atoms with van der Waals surface area (Å²) < 4.78 is 27.4. The van der Waals surface area contributed by atoms with E-state index in [1.54, 1.807) is 24.3 Å². The molecule has 1 aromatic carbocycles. The minimum Gasteiger partial charge on any atom is -0.477 e. The second-order valence-electron chi connectivity index (χ2n) is 3.82. The van der Waals surface area contributed by atoms with Gasteiger partial charge in [-0.05, 0) is 17.7 Å². The van der Waals surface area contributed by atoms with E-state index in [9.17, 15) is 13.6 Å². The van der Waals surface area contributed by atoms with Crippen molar-refractivity contribution in [3.05, 3.63) is 48.3 Å². The van der Waals surface area contributed by atoms with Crippen LogP contribution in [0.5, 0.6) is 0 Å². The van der Waals surface area contributed by atoms with E-state index in [-0.39, 0.29) is 5.56 Å². The zero-order chi connectivity index (χ0) is 13.2. The highest BCUT2D eigenvalue weighted by atomic mass is 19.3. The SMILES string of the molecule is O=C(O)C(F)(F)Cc1cnn(-c2ccccc2)c1. The van der Waals surface area contributed by atoms with Crippen LogP contribution in [0, 0.1) is 0 Å². The number of para-hydroxylation sites is 1. The molecule has 0 aliphatic heterocycles. The Morgan fingerprint density at radius 1 is 1.33 bits per heavy atom. The van der Waals surface area contributed by atoms with Crippen molar-refractivity contribution in [2.24, 2.45) is 0 Å². The lowest BCUT2D eigenvalue weighted by Gasteiger charge is -2.08. The van der Waals surface area contributed by atoms with Gasteiger partial charge in [-0.2, -0.15) is 13.9 Å². The number of carbonyl (C=O) groups is 1. The monoisotopic (exact) mass is 252 g/mol. The van der Waals surface area contributed by atoms with E-state index >= 15 is 0 Å². The number of aromatic nitrogens is 2. The first-order chi connectivity index (χ1) is 8.49. The van der Waals surface area contributed by atoms with Crippen molar-refractivity contribution < 1.29 is 18.7 Å². The van der Waals surface area contributed by atoms with Crippen molar-refractivity contribution >= 4 is 5.97 Å². The summed E-state index contributed by atoms with van der Waals surface area (Å²) in [6.07, 6.45) is 1.77. The van der Waals surface area contributed by atoms with Gasteiger partial charge in [0.05, 0.1) is 18.3 Å². The number of halogens is 2. The molecule has 1 aromatic heterocycles. The second kappa shape index (κ2) is 4.56. The Bertz CT molecular complexity index is 552. The molecule has 0 unspecified atom stereocenters. The number of carboxylic acids is 1. The van der Waals surface area contributed by atoms with Crippen LogP contribution in [0.3, 0.4) is 0 Å². The van der Waals surface area contributed by atoms with Gasteiger partial charge in [-0.3, -0.25) is 0 Å². The van der Waals surface area contributed by atoms with Crippen LogP contribution in [0.2, 0.25) is 0 Å². The summed E-state index contributed by atoms with van der Waals surface area (Å²) in [4.78, 5) is 10.3. The van der Waals surface area contributed by atoms with Gasteiger partial charge in [0.1, 0.15) is 0 Å². The highest BCUT2D eigenvalue weighted by Gasteiger charge is 2.39. The smallest absolute Gasteiger partial charge is 0.374 e. The number of hydrogen-bond acceptors (Lipinski definition) is 2. The lowest BCUT2D eigenvalue weighted by atomic mass is 10.1. The van der Waals surface area contributed by atoms with Crippen LogP contribution >= 0.6 is 0 Å². The molecule has 0 amide bonds. The molecule has 1 N–H and O–H groups in total. The van der Waals surface area contributed by atoms with Crippen LogP contribution in [0.25, 0.3) is 5.69 Å². The third-order valence-electron chi connectivity index (χ3n) is 2.40. The molecule has 0 spiro atoms. The predicted octanol–water partition coefficient (Wildman–Crippen LogP) is 2.13. The first-order valence-electron chi connectivity index (χ1n) is 5.19. The average molecular weight is 252 g/mol. The molecule has 94 valence electrons. The number of alkyl halides is 2. The molecule has 0 aliphatic carbocycles. The second-order valence-corrected chi connectivity index (χ2v) is 3.82. The van der Waals surface area contributed by atoms with Gasteiger partial charge < -0.3 is 5.11 Å². The normalized spacial score (nSPS) is 11.4. The van der Waals surface area contributed by atoms with Gasteiger partial charge in [-0.1, -0.05) is 18.2 Å². The van der Waals surface area contributed by atoms with Crippen molar-refractivity contribution in [1.29, 1.82) is 0 Å². The summed E-state index contributed by atoms with van der Waals surface area (Å²) in [7, 11) is 0. The fourth-order valence-corrected chi connectivity index (χ4v) is 1.51. The third kappa shape index (κ3) is 2.53. The first kappa shape index (κ1) is 12.2. The van der Waals surface area contributed by atoms with Crippen LogP contribution < -0.4 is 0 Å². The van der Waals surface area contributed by atoms with Crippen molar-refractivity contribution in [2.75, 3.05) is 0 Å². The van der Waals surface area contributed by atoms with E-state index in [0.717, 1.165) is 5.69 Å². The molecule has 18 heavy (non-hydrogen) atoms. The molecule has 0 radical (unpaired) electrons. The summed E-state index contributed by atoms with van der Waals surface area (Å²) in [6.45, 7) is 0. The minimum atomic E-state index is -3.77. The maximum absolute atomic E-state index is 13.0. The molecular formula is C12H10F2N2O2. The van der Waals surface area contributed by atoms with Gasteiger partial charge in [-0.25, -0.2) is 9.48 Å². The molecule has 6 heteroatoms. The van der Waals surface area contributed by atoms with E-state index in [4.69, 9.17) is 5.11 Å². The molecule has 0 aliphatic rings. The third-order valence-corrected chi connectivity index (χ3v) is 2.40. The van der Waals surface area contributed by atoms with Gasteiger partial charge in [-0.15, -0.1) is 0 Å². The summed E-state index contributed by atoms with van der Waals surface area (Å²) in [5.41, 5.74) is 0.897. The van der Waals surface area contributed by atoms with E-state index in [1.807, 2.05) is 6.07 Å². The zero-order valence-corrected chi connectivity index (χ0v) is 9.25. The Kier molecular flexibility index (Phi) is 3.10. The van der Waals surface area contributed by atoms with E-state index in [2.05, 4.69) is 5.10 Å². The molecule has 0 saturated heterocycles. The molecule has 1 heterocycles. The van der Waals surface area contributed by atoms with E-state index < -0.39 is 18.3 Å². The molecule has 0 saturated carbocycles. The number of carboxylic acid groups (broad SMARTS) is 1. The van der Waals surface area contributed by atoms with Gasteiger partial charge in [0, 0.05) is 6.20 Å². The molecule has 0 fully saturated rings. The molecule has 4 nitrogen and oxygen atoms in total. The quantitative estimate of drug-likeness (QED) is 0.906. The highest BCUT2D eigenvalue weighted by molar-refractivity contribution is 5.75. The topological polar surface area (TPSA) is 55.1 Å². The summed E-state index contributed by atoms with van der Waals surface area (Å²) >= 11 is 0. The highest BCUT2D eigenvalue weighted by Crippen LogP contribution is 2.20. The molecule has 0 bridgehead atoms. The van der Waals surface area contributed by atoms with Crippen molar-refractivity contribution in [2.45, 2.75) is 12.3 Å². The molecule has 2 rings (SSSR count). The maximum atomic E-state index is 13.0. The zero-order valence-electron chi connectivity index (χ0n) is 9.25. The van der Waals surface area contributed by atoms with E-state index in [0.29, 0.717) is 0 Å². The van der Waals surface area contributed by atoms with Gasteiger partial charge in [0.2, 0.25) is 0 Å². The molecular weight excluding hydrogens is 242 g/mol. The maximum Gasteiger partial charge on any atom is 0.374 e. The Hall–Kier alpha value is -2.24. The lowest BCUT2D eigenvalue weighted by molar-refractivity contribution is -0.164. The van der Waals surface area contributed by atoms with Crippen molar-refractivity contribution in [3.63, 3.8) is 0 Å². The Labute approximate surface area is 101 Å².